The van der Waals surface area contributed by atoms with Gasteiger partial charge in [0.15, 0.2) is 0 Å². The molecule has 8 nitrogen and oxygen atoms in total. The van der Waals surface area contributed by atoms with Crippen LogP contribution in [0.3, 0.4) is 0 Å². The molecule has 2 amide bonds. The summed E-state index contributed by atoms with van der Waals surface area (Å²) in [7, 11) is 0. The summed E-state index contributed by atoms with van der Waals surface area (Å²) in [5.74, 6) is -0.148. The second-order valence-electron chi connectivity index (χ2n) is 7.11. The van der Waals surface area contributed by atoms with Gasteiger partial charge >= 0.3 is 0 Å². The Morgan fingerprint density at radius 2 is 2.11 bits per heavy atom. The highest BCUT2D eigenvalue weighted by Gasteiger charge is 2.24. The van der Waals surface area contributed by atoms with E-state index in [1.165, 1.54) is 17.4 Å². The maximum absolute atomic E-state index is 12.7. The number of carbonyl (C=O) groups is 2. The number of nitrogens with zero attached hydrogens (tertiary/aromatic N) is 1. The lowest BCUT2D eigenvalue weighted by Crippen LogP contribution is -3.14. The van der Waals surface area contributed by atoms with Crippen molar-refractivity contribution in [1.29, 1.82) is 0 Å². The smallest absolute Gasteiger partial charge is 0.257 e. The Morgan fingerprint density at radius 1 is 1.26 bits per heavy atom. The minimum Gasteiger partial charge on any atom is -0.472 e. The van der Waals surface area contributed by atoms with E-state index in [1.807, 2.05) is 0 Å². The van der Waals surface area contributed by atoms with Gasteiger partial charge in [0.1, 0.15) is 19.4 Å². The molecule has 27 heavy (non-hydrogen) atoms. The third-order valence-corrected chi connectivity index (χ3v) is 5.11. The van der Waals surface area contributed by atoms with Crippen LogP contribution < -0.4 is 10.2 Å². The van der Waals surface area contributed by atoms with Crippen LogP contribution in [0.2, 0.25) is 0 Å². The van der Waals surface area contributed by atoms with Crippen molar-refractivity contribution in [2.75, 3.05) is 59.1 Å². The van der Waals surface area contributed by atoms with Crippen LogP contribution in [-0.4, -0.2) is 81.9 Å². The van der Waals surface area contributed by atoms with E-state index in [0.717, 1.165) is 52.3 Å². The van der Waals surface area contributed by atoms with Gasteiger partial charge in [-0.25, -0.2) is 0 Å². The van der Waals surface area contributed by atoms with Gasteiger partial charge in [-0.1, -0.05) is 0 Å². The van der Waals surface area contributed by atoms with Gasteiger partial charge in [0.05, 0.1) is 44.2 Å². The lowest BCUT2D eigenvalue weighted by Gasteiger charge is -2.25. The number of amides is 2. The summed E-state index contributed by atoms with van der Waals surface area (Å²) in [6.45, 7) is 6.74. The Kier molecular flexibility index (Phi) is 7.67. The van der Waals surface area contributed by atoms with Crippen LogP contribution in [0.5, 0.6) is 0 Å². The molecule has 2 fully saturated rings. The molecule has 3 rings (SSSR count). The standard InChI is InChI=1S/C19H29N3O5/c23-18(20-5-7-21-8-12-25-13-9-21)3-6-22(14-17-2-1-10-27-17)19(24)16-4-11-26-15-16/h4,11,15,17H,1-3,5-10,12-14H2,(H,20,23)/p+1/t17-/m1/s1. The Hall–Kier alpha value is -1.90. The molecule has 2 N–H and O–H groups in total. The molecule has 0 saturated carbocycles. The third kappa shape index (κ3) is 6.34. The Morgan fingerprint density at radius 3 is 2.81 bits per heavy atom. The van der Waals surface area contributed by atoms with Crippen molar-refractivity contribution in [3.8, 4) is 0 Å². The zero-order valence-corrected chi connectivity index (χ0v) is 15.8. The number of quaternary nitrogens is 1. The van der Waals surface area contributed by atoms with Crippen LogP contribution in [0.25, 0.3) is 0 Å². The minimum atomic E-state index is -0.121. The van der Waals surface area contributed by atoms with Crippen molar-refractivity contribution < 1.29 is 28.4 Å². The molecule has 150 valence electrons. The summed E-state index contributed by atoms with van der Waals surface area (Å²) in [5, 5.41) is 2.96. The highest BCUT2D eigenvalue weighted by Crippen LogP contribution is 2.15. The van der Waals surface area contributed by atoms with Crippen molar-refractivity contribution in [2.45, 2.75) is 25.4 Å². The predicted octanol–water partition coefficient (Wildman–Crippen LogP) is -0.678. The van der Waals surface area contributed by atoms with Crippen molar-refractivity contribution in [3.63, 3.8) is 0 Å². The Labute approximate surface area is 159 Å². The molecule has 1 atom stereocenters. The molecular weight excluding hydrogens is 350 g/mol. The molecule has 3 heterocycles. The first kappa shape index (κ1) is 19.9. The normalized spacial score (nSPS) is 20.5. The van der Waals surface area contributed by atoms with E-state index in [1.54, 1.807) is 11.0 Å². The van der Waals surface area contributed by atoms with Crippen LogP contribution >= 0.6 is 0 Å². The summed E-state index contributed by atoms with van der Waals surface area (Å²) in [5.41, 5.74) is 0.504. The van der Waals surface area contributed by atoms with Gasteiger partial charge in [-0.3, -0.25) is 9.59 Å². The molecule has 0 radical (unpaired) electrons. The molecule has 0 unspecified atom stereocenters. The number of carbonyl (C=O) groups excluding carboxylic acids is 2. The third-order valence-electron chi connectivity index (χ3n) is 5.11. The fourth-order valence-corrected chi connectivity index (χ4v) is 3.49. The maximum atomic E-state index is 12.7. The first-order valence-electron chi connectivity index (χ1n) is 9.83. The van der Waals surface area contributed by atoms with Crippen LogP contribution in [0, 0.1) is 0 Å². The fraction of sp³-hybridized carbons (Fsp3) is 0.684. The molecule has 2 aliphatic heterocycles. The number of hydrogen-bond acceptors (Lipinski definition) is 5. The highest BCUT2D eigenvalue weighted by molar-refractivity contribution is 5.94. The van der Waals surface area contributed by atoms with Crippen LogP contribution in [0.15, 0.2) is 23.0 Å². The fourth-order valence-electron chi connectivity index (χ4n) is 3.49. The second-order valence-corrected chi connectivity index (χ2v) is 7.11. The first-order chi connectivity index (χ1) is 13.2. The quantitative estimate of drug-likeness (QED) is 0.593. The van der Waals surface area contributed by atoms with Gasteiger partial charge in [-0.05, 0) is 18.9 Å². The molecular formula is C19H30N3O5+. The number of ether oxygens (including phenoxy) is 2. The molecule has 0 bridgehead atoms. The van der Waals surface area contributed by atoms with E-state index in [-0.39, 0.29) is 24.3 Å². The lowest BCUT2D eigenvalue weighted by molar-refractivity contribution is -0.906. The molecule has 8 heteroatoms. The van der Waals surface area contributed by atoms with Gasteiger partial charge in [-0.15, -0.1) is 0 Å². The highest BCUT2D eigenvalue weighted by atomic mass is 16.5. The summed E-state index contributed by atoms with van der Waals surface area (Å²) in [4.78, 5) is 28.1. The van der Waals surface area contributed by atoms with Gasteiger partial charge in [0, 0.05) is 26.1 Å². The summed E-state index contributed by atoms with van der Waals surface area (Å²) >= 11 is 0. The van der Waals surface area contributed by atoms with Gasteiger partial charge in [-0.2, -0.15) is 0 Å². The van der Waals surface area contributed by atoms with E-state index < -0.39 is 0 Å². The number of nitrogens with one attached hydrogen (secondary N) is 2. The monoisotopic (exact) mass is 380 g/mol. The lowest BCUT2D eigenvalue weighted by atomic mass is 10.2. The molecule has 0 aromatic carbocycles. The Balaban J connectivity index is 1.43. The van der Waals surface area contributed by atoms with Crippen molar-refractivity contribution >= 4 is 11.8 Å². The number of rotatable bonds is 9. The summed E-state index contributed by atoms with van der Waals surface area (Å²) in [6.07, 6.45) is 5.23. The SMILES string of the molecule is O=C(CCN(C[C@H]1CCCO1)C(=O)c1ccoc1)NCC[NH+]1CCOCC1. The molecule has 2 aliphatic rings. The van der Waals surface area contributed by atoms with Crippen molar-refractivity contribution in [1.82, 2.24) is 10.2 Å². The molecule has 0 aliphatic carbocycles. The van der Waals surface area contributed by atoms with Crippen LogP contribution in [-0.2, 0) is 14.3 Å². The number of morpholine rings is 1. The van der Waals surface area contributed by atoms with Crippen molar-refractivity contribution in [3.05, 3.63) is 24.2 Å². The van der Waals surface area contributed by atoms with Crippen LogP contribution in [0.1, 0.15) is 29.6 Å². The van der Waals surface area contributed by atoms with Crippen LogP contribution in [0.4, 0.5) is 0 Å². The van der Waals surface area contributed by atoms with E-state index in [4.69, 9.17) is 13.9 Å². The summed E-state index contributed by atoms with van der Waals surface area (Å²) in [6, 6.07) is 1.65. The van der Waals surface area contributed by atoms with E-state index in [2.05, 4.69) is 5.32 Å². The van der Waals surface area contributed by atoms with Crippen molar-refractivity contribution in [2.24, 2.45) is 0 Å². The zero-order chi connectivity index (χ0) is 18.9. The average molecular weight is 380 g/mol. The predicted molar refractivity (Wildman–Crippen MR) is 97.6 cm³/mol. The van der Waals surface area contributed by atoms with Gasteiger partial charge < -0.3 is 29.0 Å². The first-order valence-corrected chi connectivity index (χ1v) is 9.83. The maximum Gasteiger partial charge on any atom is 0.257 e. The number of hydrogen-bond donors (Lipinski definition) is 2. The largest absolute Gasteiger partial charge is 0.472 e. The van der Waals surface area contributed by atoms with E-state index in [0.29, 0.717) is 25.2 Å². The van der Waals surface area contributed by atoms with E-state index >= 15 is 0 Å². The summed E-state index contributed by atoms with van der Waals surface area (Å²) < 4.78 is 16.0. The van der Waals surface area contributed by atoms with Gasteiger partial charge in [0.25, 0.3) is 5.91 Å². The average Bonchev–Trinajstić information content (AvgIpc) is 3.39. The second kappa shape index (κ2) is 10.4. The Bertz CT molecular complexity index is 580. The topological polar surface area (TPSA) is 85.5 Å². The van der Waals surface area contributed by atoms with E-state index in [9.17, 15) is 9.59 Å². The number of furan rings is 1. The van der Waals surface area contributed by atoms with Gasteiger partial charge in [0.2, 0.25) is 5.91 Å². The molecule has 2 saturated heterocycles. The molecule has 1 aromatic heterocycles. The molecule has 0 spiro atoms. The zero-order valence-electron chi connectivity index (χ0n) is 15.8. The minimum absolute atomic E-state index is 0.0278. The molecule has 1 aromatic rings.